The van der Waals surface area contributed by atoms with Crippen LogP contribution in [0.15, 0.2) is 46.1 Å². The van der Waals surface area contributed by atoms with Gasteiger partial charge >= 0.3 is 0 Å². The number of rotatable bonds is 3. The average molecular weight is 306 g/mol. The molecule has 0 amide bonds. The minimum atomic E-state index is -0.715. The lowest BCUT2D eigenvalue weighted by molar-refractivity contribution is 0.573. The summed E-state index contributed by atoms with van der Waals surface area (Å²) in [5, 5.41) is 10.6. The maximum absolute atomic E-state index is 13.5. The van der Waals surface area contributed by atoms with Crippen LogP contribution in [0.25, 0.3) is 11.6 Å². The quantitative estimate of drug-likeness (QED) is 0.596. The van der Waals surface area contributed by atoms with Gasteiger partial charge in [0.1, 0.15) is 11.6 Å². The van der Waals surface area contributed by atoms with Gasteiger partial charge in [0.05, 0.1) is 12.5 Å². The topological polar surface area (TPSA) is 59.1 Å². The summed E-state index contributed by atoms with van der Waals surface area (Å²) in [6, 6.07) is 6.59. The number of furan rings is 1. The highest BCUT2D eigenvalue weighted by Crippen LogP contribution is 2.17. The van der Waals surface area contributed by atoms with Crippen molar-refractivity contribution in [2.45, 2.75) is 0 Å². The first kappa shape index (κ1) is 13.4. The van der Waals surface area contributed by atoms with Crippen molar-refractivity contribution in [3.63, 3.8) is 0 Å². The highest BCUT2D eigenvalue weighted by molar-refractivity contribution is 7.71. The van der Waals surface area contributed by atoms with Crippen LogP contribution < -0.4 is 0 Å². The molecule has 0 aliphatic carbocycles. The molecule has 0 aliphatic rings. The Balaban J connectivity index is 2.00. The van der Waals surface area contributed by atoms with Gasteiger partial charge < -0.3 is 4.42 Å². The van der Waals surface area contributed by atoms with Gasteiger partial charge in [-0.25, -0.2) is 13.9 Å². The minimum Gasteiger partial charge on any atom is -0.461 e. The second-order valence-electron chi connectivity index (χ2n) is 4.05. The number of nitrogens with zero attached hydrogens (tertiary/aromatic N) is 3. The lowest BCUT2D eigenvalue weighted by atomic mass is 10.2. The number of nitrogens with one attached hydrogen (secondary N) is 1. The van der Waals surface area contributed by atoms with Crippen LogP contribution in [0.2, 0.25) is 0 Å². The number of hydrogen-bond acceptors (Lipinski definition) is 4. The third-order valence-electron chi connectivity index (χ3n) is 2.67. The van der Waals surface area contributed by atoms with E-state index in [2.05, 4.69) is 15.3 Å². The molecule has 0 aliphatic heterocycles. The maximum Gasteiger partial charge on any atom is 0.219 e. The van der Waals surface area contributed by atoms with Crippen LogP contribution in [0, 0.1) is 16.4 Å². The molecule has 2 heterocycles. The Labute approximate surface area is 122 Å². The van der Waals surface area contributed by atoms with Crippen LogP contribution in [0.1, 0.15) is 5.56 Å². The fourth-order valence-corrected chi connectivity index (χ4v) is 1.87. The van der Waals surface area contributed by atoms with Gasteiger partial charge in [0.15, 0.2) is 5.76 Å². The van der Waals surface area contributed by atoms with Gasteiger partial charge in [-0.2, -0.15) is 9.78 Å². The van der Waals surface area contributed by atoms with E-state index in [1.54, 1.807) is 12.1 Å². The molecule has 8 heteroatoms. The Morgan fingerprint density at radius 2 is 2.19 bits per heavy atom. The molecule has 0 radical (unpaired) electrons. The van der Waals surface area contributed by atoms with Crippen LogP contribution in [-0.4, -0.2) is 21.1 Å². The Morgan fingerprint density at radius 3 is 2.90 bits per heavy atom. The smallest absolute Gasteiger partial charge is 0.219 e. The molecule has 1 aromatic carbocycles. The highest BCUT2D eigenvalue weighted by atomic mass is 32.1. The SMILES string of the molecule is Fc1ccc(/C=N\n2c(-c3ccco3)n[nH]c2=S)c(F)c1. The molecule has 0 atom stereocenters. The summed E-state index contributed by atoms with van der Waals surface area (Å²) in [7, 11) is 0. The average Bonchev–Trinajstić information content (AvgIpc) is 3.08. The summed E-state index contributed by atoms with van der Waals surface area (Å²) in [5.74, 6) is -0.558. The van der Waals surface area contributed by atoms with Crippen molar-refractivity contribution in [3.05, 3.63) is 58.6 Å². The molecule has 106 valence electrons. The summed E-state index contributed by atoms with van der Waals surface area (Å²) in [5.41, 5.74) is 0.130. The van der Waals surface area contributed by atoms with E-state index in [9.17, 15) is 8.78 Å². The predicted molar refractivity (Wildman–Crippen MR) is 74.5 cm³/mol. The van der Waals surface area contributed by atoms with E-state index in [1.807, 2.05) is 0 Å². The minimum absolute atomic E-state index is 0.130. The van der Waals surface area contributed by atoms with Gasteiger partial charge in [0.2, 0.25) is 10.6 Å². The summed E-state index contributed by atoms with van der Waals surface area (Å²) >= 11 is 5.05. The fourth-order valence-electron chi connectivity index (χ4n) is 1.69. The van der Waals surface area contributed by atoms with Gasteiger partial charge in [0, 0.05) is 11.6 Å². The summed E-state index contributed by atoms with van der Waals surface area (Å²) < 4.78 is 33.1. The summed E-state index contributed by atoms with van der Waals surface area (Å²) in [6.07, 6.45) is 2.72. The van der Waals surface area contributed by atoms with E-state index in [-0.39, 0.29) is 10.3 Å². The van der Waals surface area contributed by atoms with Crippen molar-refractivity contribution in [1.29, 1.82) is 0 Å². The summed E-state index contributed by atoms with van der Waals surface area (Å²) in [4.78, 5) is 0. The van der Waals surface area contributed by atoms with Crippen molar-refractivity contribution < 1.29 is 13.2 Å². The lowest BCUT2D eigenvalue weighted by Gasteiger charge is -1.98. The number of halogens is 2. The first-order valence-corrected chi connectivity index (χ1v) is 6.26. The summed E-state index contributed by atoms with van der Waals surface area (Å²) in [6.45, 7) is 0. The zero-order valence-corrected chi connectivity index (χ0v) is 11.3. The number of H-pyrrole nitrogens is 1. The van der Waals surface area contributed by atoms with Crippen LogP contribution in [0.5, 0.6) is 0 Å². The molecule has 21 heavy (non-hydrogen) atoms. The van der Waals surface area contributed by atoms with Crippen molar-refractivity contribution in [1.82, 2.24) is 14.9 Å². The van der Waals surface area contributed by atoms with E-state index < -0.39 is 11.6 Å². The molecule has 0 saturated heterocycles. The van der Waals surface area contributed by atoms with Crippen molar-refractivity contribution >= 4 is 18.4 Å². The number of benzene rings is 1. The van der Waals surface area contributed by atoms with Crippen LogP contribution in [0.3, 0.4) is 0 Å². The standard InChI is InChI=1S/C13H8F2N4OS/c14-9-4-3-8(10(15)6-9)7-16-19-12(17-18-13(19)21)11-2-1-5-20-11/h1-7H,(H,18,21)/b16-7-. The van der Waals surface area contributed by atoms with Gasteiger partial charge in [-0.15, -0.1) is 5.10 Å². The molecular formula is C13H8F2N4OS. The van der Waals surface area contributed by atoms with E-state index in [0.717, 1.165) is 12.1 Å². The molecule has 0 spiro atoms. The van der Waals surface area contributed by atoms with Crippen LogP contribution >= 0.6 is 12.2 Å². The number of aromatic nitrogens is 3. The zero-order chi connectivity index (χ0) is 14.8. The van der Waals surface area contributed by atoms with Gasteiger partial charge in [-0.05, 0) is 36.5 Å². The lowest BCUT2D eigenvalue weighted by Crippen LogP contribution is -1.96. The first-order chi connectivity index (χ1) is 10.1. The fraction of sp³-hybridized carbons (Fsp3) is 0. The molecule has 3 rings (SSSR count). The zero-order valence-electron chi connectivity index (χ0n) is 10.5. The Morgan fingerprint density at radius 1 is 1.33 bits per heavy atom. The Bertz CT molecular complexity index is 851. The first-order valence-electron chi connectivity index (χ1n) is 5.86. The second kappa shape index (κ2) is 5.41. The van der Waals surface area contributed by atoms with E-state index >= 15 is 0 Å². The van der Waals surface area contributed by atoms with Gasteiger partial charge in [0.25, 0.3) is 0 Å². The molecule has 1 N–H and O–H groups in total. The van der Waals surface area contributed by atoms with E-state index in [4.69, 9.17) is 16.6 Å². The third-order valence-corrected chi connectivity index (χ3v) is 2.93. The number of aromatic amines is 1. The van der Waals surface area contributed by atoms with Crippen molar-refractivity contribution in [2.75, 3.05) is 0 Å². The van der Waals surface area contributed by atoms with Gasteiger partial charge in [-0.3, -0.25) is 0 Å². The molecule has 0 unspecified atom stereocenters. The molecule has 0 fully saturated rings. The molecule has 0 bridgehead atoms. The van der Waals surface area contributed by atoms with E-state index in [0.29, 0.717) is 11.6 Å². The van der Waals surface area contributed by atoms with Crippen LogP contribution in [-0.2, 0) is 0 Å². The van der Waals surface area contributed by atoms with Crippen LogP contribution in [0.4, 0.5) is 8.78 Å². The molecule has 2 aromatic heterocycles. The molecule has 5 nitrogen and oxygen atoms in total. The van der Waals surface area contributed by atoms with E-state index in [1.165, 1.54) is 23.2 Å². The monoisotopic (exact) mass is 306 g/mol. The maximum atomic E-state index is 13.5. The second-order valence-corrected chi connectivity index (χ2v) is 4.44. The van der Waals surface area contributed by atoms with Crippen molar-refractivity contribution in [2.24, 2.45) is 5.10 Å². The largest absolute Gasteiger partial charge is 0.461 e. The predicted octanol–water partition coefficient (Wildman–Crippen LogP) is 3.36. The third kappa shape index (κ3) is 2.65. The molecule has 3 aromatic rings. The normalized spacial score (nSPS) is 11.3. The molecule has 0 saturated carbocycles. The molecular weight excluding hydrogens is 298 g/mol. The number of hydrogen-bond donors (Lipinski definition) is 1. The highest BCUT2D eigenvalue weighted by Gasteiger charge is 2.10. The Kier molecular flexibility index (Phi) is 3.44. The van der Waals surface area contributed by atoms with Gasteiger partial charge in [-0.1, -0.05) is 0 Å². The Hall–Kier alpha value is -2.61. The van der Waals surface area contributed by atoms with Crippen molar-refractivity contribution in [3.8, 4) is 11.6 Å².